The molecular weight excluding hydrogens is 346 g/mol. The summed E-state index contributed by atoms with van der Waals surface area (Å²) in [5.74, 6) is 1.30. The number of aromatic nitrogens is 2. The highest BCUT2D eigenvalue weighted by Gasteiger charge is 2.60. The summed E-state index contributed by atoms with van der Waals surface area (Å²) in [7, 11) is 0. The lowest BCUT2D eigenvalue weighted by Gasteiger charge is -2.64. The number of nitrogens with one attached hydrogen (secondary N) is 1. The zero-order valence-corrected chi connectivity index (χ0v) is 15.1. The Morgan fingerprint density at radius 1 is 1.50 bits per heavy atom. The number of aliphatic hydroxyl groups excluding tert-OH is 1. The van der Waals surface area contributed by atoms with E-state index in [9.17, 15) is 9.90 Å². The summed E-state index contributed by atoms with van der Waals surface area (Å²) >= 11 is 3.37. The number of fused-ring (bicyclic) bond motifs is 2. The van der Waals surface area contributed by atoms with Gasteiger partial charge in [0.1, 0.15) is 4.47 Å². The largest absolute Gasteiger partial charge is 0.391 e. The quantitative estimate of drug-likeness (QED) is 0.858. The van der Waals surface area contributed by atoms with Crippen molar-refractivity contribution in [2.24, 2.45) is 23.2 Å². The molecule has 1 aromatic rings. The van der Waals surface area contributed by atoms with Crippen molar-refractivity contribution in [1.82, 2.24) is 9.78 Å². The second-order valence-corrected chi connectivity index (χ2v) is 8.08. The van der Waals surface area contributed by atoms with E-state index >= 15 is 0 Å². The number of halogens is 1. The third kappa shape index (κ3) is 2.14. The Hall–Kier alpha value is -0.880. The molecule has 0 saturated heterocycles. The number of hydrogen-bond acceptors (Lipinski definition) is 4. The molecule has 5 atom stereocenters. The summed E-state index contributed by atoms with van der Waals surface area (Å²) < 4.78 is 1.90. The van der Waals surface area contributed by atoms with Gasteiger partial charge in [-0.05, 0) is 52.4 Å². The highest BCUT2D eigenvalue weighted by atomic mass is 79.9. The van der Waals surface area contributed by atoms with Crippen molar-refractivity contribution in [3.63, 3.8) is 0 Å². The second-order valence-electron chi connectivity index (χ2n) is 7.28. The van der Waals surface area contributed by atoms with Gasteiger partial charge in [-0.25, -0.2) is 4.68 Å². The number of nitrogens with zero attached hydrogens (tertiary/aromatic N) is 2. The lowest BCUT2D eigenvalue weighted by molar-refractivity contribution is -0.173. The van der Waals surface area contributed by atoms with Crippen molar-refractivity contribution in [1.29, 1.82) is 0 Å². The van der Waals surface area contributed by atoms with Gasteiger partial charge in [-0.2, -0.15) is 5.10 Å². The molecule has 0 aliphatic heterocycles. The van der Waals surface area contributed by atoms with Crippen LogP contribution >= 0.6 is 15.9 Å². The highest BCUT2D eigenvalue weighted by molar-refractivity contribution is 9.10. The summed E-state index contributed by atoms with van der Waals surface area (Å²) in [5.41, 5.74) is 0.735. The molecule has 3 saturated carbocycles. The van der Waals surface area contributed by atoms with E-state index in [2.05, 4.69) is 47.1 Å². The average molecular weight is 370 g/mol. The number of aliphatic hydroxyl groups is 1. The molecule has 3 aliphatic carbocycles. The molecule has 5 nitrogen and oxygen atoms in total. The van der Waals surface area contributed by atoms with Gasteiger partial charge in [0.25, 0.3) is 5.56 Å². The second kappa shape index (κ2) is 5.34. The smallest absolute Gasteiger partial charge is 0.283 e. The van der Waals surface area contributed by atoms with Gasteiger partial charge in [-0.1, -0.05) is 20.8 Å². The first-order chi connectivity index (χ1) is 10.3. The van der Waals surface area contributed by atoms with Crippen LogP contribution in [-0.4, -0.2) is 27.0 Å². The maximum Gasteiger partial charge on any atom is 0.283 e. The van der Waals surface area contributed by atoms with E-state index in [4.69, 9.17) is 0 Å². The summed E-state index contributed by atoms with van der Waals surface area (Å²) in [6.07, 6.45) is 2.37. The molecule has 5 unspecified atom stereocenters. The van der Waals surface area contributed by atoms with Crippen molar-refractivity contribution in [3.05, 3.63) is 21.0 Å². The first kappa shape index (κ1) is 16.0. The lowest BCUT2D eigenvalue weighted by atomic mass is 9.43. The van der Waals surface area contributed by atoms with E-state index in [0.29, 0.717) is 34.5 Å². The van der Waals surface area contributed by atoms with Crippen LogP contribution in [0.5, 0.6) is 0 Å². The van der Waals surface area contributed by atoms with Crippen LogP contribution < -0.4 is 10.9 Å². The molecule has 6 heteroatoms. The monoisotopic (exact) mass is 369 g/mol. The molecule has 2 N–H and O–H groups in total. The molecule has 0 aromatic carbocycles. The summed E-state index contributed by atoms with van der Waals surface area (Å²) in [5, 5.41) is 18.3. The van der Waals surface area contributed by atoms with Gasteiger partial charge in [-0.3, -0.25) is 4.79 Å². The Morgan fingerprint density at radius 2 is 2.18 bits per heavy atom. The van der Waals surface area contributed by atoms with Crippen molar-refractivity contribution >= 4 is 21.6 Å². The summed E-state index contributed by atoms with van der Waals surface area (Å²) in [4.78, 5) is 12.2. The van der Waals surface area contributed by atoms with Gasteiger partial charge >= 0.3 is 0 Å². The topological polar surface area (TPSA) is 67.2 Å². The van der Waals surface area contributed by atoms with Crippen molar-refractivity contribution < 1.29 is 5.11 Å². The normalized spacial score (nSPS) is 35.8. The lowest BCUT2D eigenvalue weighted by Crippen LogP contribution is -2.66. The first-order valence-corrected chi connectivity index (χ1v) is 8.78. The van der Waals surface area contributed by atoms with Gasteiger partial charge in [0.15, 0.2) is 0 Å². The van der Waals surface area contributed by atoms with E-state index in [-0.39, 0.29) is 17.0 Å². The van der Waals surface area contributed by atoms with E-state index in [1.54, 1.807) is 6.20 Å². The zero-order chi connectivity index (χ0) is 16.2. The molecule has 3 aliphatic rings. The molecule has 1 heterocycles. The molecular formula is C16H24BrN3O2. The fourth-order valence-electron chi connectivity index (χ4n) is 4.47. The fraction of sp³-hybridized carbons (Fsp3) is 0.750. The van der Waals surface area contributed by atoms with Crippen molar-refractivity contribution in [2.45, 2.75) is 52.8 Å². The van der Waals surface area contributed by atoms with Crippen LogP contribution in [0.25, 0.3) is 0 Å². The van der Waals surface area contributed by atoms with E-state index in [1.165, 1.54) is 4.68 Å². The molecule has 3 fully saturated rings. The van der Waals surface area contributed by atoms with Gasteiger partial charge < -0.3 is 10.4 Å². The number of rotatable bonds is 3. The van der Waals surface area contributed by atoms with Crippen molar-refractivity contribution in [3.8, 4) is 0 Å². The number of anilines is 1. The van der Waals surface area contributed by atoms with Crippen LogP contribution in [0.3, 0.4) is 0 Å². The minimum absolute atomic E-state index is 0.0354. The minimum atomic E-state index is -0.393. The van der Waals surface area contributed by atoms with Gasteiger partial charge in [0, 0.05) is 6.54 Å². The van der Waals surface area contributed by atoms with Crippen LogP contribution in [0.4, 0.5) is 5.69 Å². The molecule has 4 rings (SSSR count). The van der Waals surface area contributed by atoms with E-state index in [1.807, 2.05) is 6.92 Å². The summed E-state index contributed by atoms with van der Waals surface area (Å²) in [6.45, 7) is 9.12. The maximum absolute atomic E-state index is 12.2. The highest BCUT2D eigenvalue weighted by Crippen LogP contribution is 2.61. The number of hydrogen-bond donors (Lipinski definition) is 2. The third-order valence-electron chi connectivity index (χ3n) is 6.01. The number of aryl methyl sites for hydroxylation is 1. The predicted molar refractivity (Wildman–Crippen MR) is 89.8 cm³/mol. The molecule has 22 heavy (non-hydrogen) atoms. The van der Waals surface area contributed by atoms with E-state index < -0.39 is 6.10 Å². The van der Waals surface area contributed by atoms with Gasteiger partial charge in [0.05, 0.1) is 24.0 Å². The van der Waals surface area contributed by atoms with Crippen molar-refractivity contribution in [2.75, 3.05) is 5.32 Å². The zero-order valence-electron chi connectivity index (χ0n) is 13.5. The Labute approximate surface area is 139 Å². The molecule has 1 aromatic heterocycles. The Morgan fingerprint density at radius 3 is 2.73 bits per heavy atom. The summed E-state index contributed by atoms with van der Waals surface area (Å²) in [6, 6.07) is -0.0354. The standard InChI is InChI=1S/C16H24BrN3O2/c1-5-20-15(22)12(17)11(7-18-20)19-13-8(2)9-6-10(14(13)21)16(9,3)4/h7-10,13-14,19,21H,5-6H2,1-4H3. The van der Waals surface area contributed by atoms with Crippen LogP contribution in [0.1, 0.15) is 34.1 Å². The maximum atomic E-state index is 12.2. The minimum Gasteiger partial charge on any atom is -0.391 e. The Kier molecular flexibility index (Phi) is 3.88. The van der Waals surface area contributed by atoms with Gasteiger partial charge in [0.2, 0.25) is 0 Å². The Bertz CT molecular complexity index is 625. The molecule has 0 amide bonds. The SMILES string of the molecule is CCn1ncc(NC2C(C)C3CC(C2O)C3(C)C)c(Br)c1=O. The molecule has 0 spiro atoms. The first-order valence-electron chi connectivity index (χ1n) is 7.99. The third-order valence-corrected chi connectivity index (χ3v) is 6.77. The van der Waals surface area contributed by atoms with Crippen LogP contribution in [0.2, 0.25) is 0 Å². The molecule has 122 valence electrons. The van der Waals surface area contributed by atoms with Crippen LogP contribution in [0, 0.1) is 23.2 Å². The van der Waals surface area contributed by atoms with Gasteiger partial charge in [-0.15, -0.1) is 0 Å². The van der Waals surface area contributed by atoms with Crippen LogP contribution in [-0.2, 0) is 6.54 Å². The van der Waals surface area contributed by atoms with E-state index in [0.717, 1.165) is 6.42 Å². The Balaban J connectivity index is 1.86. The molecule has 2 bridgehead atoms. The predicted octanol–water partition coefficient (Wildman–Crippen LogP) is 2.48. The molecule has 0 radical (unpaired) electrons. The fourth-order valence-corrected chi connectivity index (χ4v) is 4.89. The average Bonchev–Trinajstić information content (AvgIpc) is 2.46. The van der Waals surface area contributed by atoms with Crippen LogP contribution in [0.15, 0.2) is 15.5 Å².